The normalized spacial score (nSPS) is 10.9. The van der Waals surface area contributed by atoms with Crippen molar-refractivity contribution in [3.63, 3.8) is 0 Å². The second kappa shape index (κ2) is 7.55. The Kier molecular flexibility index (Phi) is 5.48. The van der Waals surface area contributed by atoms with Crippen molar-refractivity contribution in [2.45, 2.75) is 20.0 Å². The van der Waals surface area contributed by atoms with Crippen molar-refractivity contribution < 1.29 is 14.5 Å². The van der Waals surface area contributed by atoms with Crippen molar-refractivity contribution >= 4 is 34.0 Å². The first-order valence-corrected chi connectivity index (χ1v) is 7.76. The number of rotatable bonds is 6. The molecule has 0 aliphatic carbocycles. The SMILES string of the molecule is CC(C)Oc1ccccc1NC(=O)/C=C/c1ccc([N+](=O)[O-])s1. The first-order valence-electron chi connectivity index (χ1n) is 6.94. The lowest BCUT2D eigenvalue weighted by atomic mass is 10.2. The molecule has 1 N–H and O–H groups in total. The lowest BCUT2D eigenvalue weighted by Gasteiger charge is -2.13. The van der Waals surface area contributed by atoms with E-state index in [1.807, 2.05) is 19.9 Å². The number of nitro groups is 1. The minimum absolute atomic E-state index is 0.00439. The van der Waals surface area contributed by atoms with Crippen molar-refractivity contribution in [1.82, 2.24) is 0 Å². The Bertz CT molecular complexity index is 737. The minimum atomic E-state index is -0.457. The Balaban J connectivity index is 2.04. The van der Waals surface area contributed by atoms with Gasteiger partial charge in [-0.15, -0.1) is 0 Å². The lowest BCUT2D eigenvalue weighted by molar-refractivity contribution is -0.380. The molecule has 2 aromatic rings. The summed E-state index contributed by atoms with van der Waals surface area (Å²) >= 11 is 1.01. The van der Waals surface area contributed by atoms with Crippen molar-refractivity contribution in [3.8, 4) is 5.75 Å². The highest BCUT2D eigenvalue weighted by Gasteiger charge is 2.09. The average molecular weight is 332 g/mol. The van der Waals surface area contributed by atoms with Crippen molar-refractivity contribution in [2.75, 3.05) is 5.32 Å². The number of carbonyl (C=O) groups excluding carboxylic acids is 1. The van der Waals surface area contributed by atoms with Gasteiger partial charge in [0.25, 0.3) is 0 Å². The maximum Gasteiger partial charge on any atom is 0.324 e. The molecule has 0 spiro atoms. The minimum Gasteiger partial charge on any atom is -0.489 e. The molecular weight excluding hydrogens is 316 g/mol. The van der Waals surface area contributed by atoms with Gasteiger partial charge in [0.05, 0.1) is 16.7 Å². The van der Waals surface area contributed by atoms with Gasteiger partial charge in [0.15, 0.2) is 0 Å². The summed E-state index contributed by atoms with van der Waals surface area (Å²) in [6, 6.07) is 10.2. The Morgan fingerprint density at radius 1 is 1.30 bits per heavy atom. The van der Waals surface area contributed by atoms with Gasteiger partial charge < -0.3 is 10.1 Å². The molecule has 0 atom stereocenters. The molecule has 7 heteroatoms. The number of ether oxygens (including phenoxy) is 1. The number of benzene rings is 1. The zero-order valence-electron chi connectivity index (χ0n) is 12.7. The molecule has 1 heterocycles. The molecule has 0 aliphatic rings. The van der Waals surface area contributed by atoms with Crippen LogP contribution in [0.1, 0.15) is 18.7 Å². The van der Waals surface area contributed by atoms with Crippen LogP contribution in [-0.2, 0) is 4.79 Å². The number of nitrogens with one attached hydrogen (secondary N) is 1. The number of amides is 1. The number of hydrogen-bond donors (Lipinski definition) is 1. The van der Waals surface area contributed by atoms with E-state index >= 15 is 0 Å². The summed E-state index contributed by atoms with van der Waals surface area (Å²) < 4.78 is 5.63. The number of hydrogen-bond acceptors (Lipinski definition) is 5. The molecule has 0 saturated carbocycles. The Labute approximate surface area is 137 Å². The van der Waals surface area contributed by atoms with Gasteiger partial charge in [-0.3, -0.25) is 14.9 Å². The number of carbonyl (C=O) groups is 1. The zero-order chi connectivity index (χ0) is 16.8. The van der Waals surface area contributed by atoms with Crippen LogP contribution in [0.3, 0.4) is 0 Å². The largest absolute Gasteiger partial charge is 0.489 e. The van der Waals surface area contributed by atoms with Crippen LogP contribution in [0, 0.1) is 10.1 Å². The summed E-state index contributed by atoms with van der Waals surface area (Å²) in [6.07, 6.45) is 2.87. The smallest absolute Gasteiger partial charge is 0.324 e. The molecule has 1 aromatic heterocycles. The molecule has 0 fully saturated rings. The van der Waals surface area contributed by atoms with Gasteiger partial charge in [0.1, 0.15) is 5.75 Å². The summed E-state index contributed by atoms with van der Waals surface area (Å²) in [7, 11) is 0. The summed E-state index contributed by atoms with van der Waals surface area (Å²) in [5, 5.41) is 13.4. The monoisotopic (exact) mass is 332 g/mol. The van der Waals surface area contributed by atoms with E-state index in [0.29, 0.717) is 16.3 Å². The molecule has 0 bridgehead atoms. The molecule has 0 unspecified atom stereocenters. The second-order valence-electron chi connectivity index (χ2n) is 4.92. The third-order valence-electron chi connectivity index (χ3n) is 2.70. The van der Waals surface area contributed by atoms with Crippen LogP contribution in [0.15, 0.2) is 42.5 Å². The van der Waals surface area contributed by atoms with Gasteiger partial charge in [-0.1, -0.05) is 23.5 Å². The van der Waals surface area contributed by atoms with Crippen LogP contribution in [0.25, 0.3) is 6.08 Å². The van der Waals surface area contributed by atoms with Gasteiger partial charge in [0.2, 0.25) is 5.91 Å². The number of para-hydroxylation sites is 2. The fourth-order valence-electron chi connectivity index (χ4n) is 1.79. The first-order chi connectivity index (χ1) is 11.0. The third kappa shape index (κ3) is 4.93. The van der Waals surface area contributed by atoms with Crippen LogP contribution >= 0.6 is 11.3 Å². The maximum atomic E-state index is 12.0. The van der Waals surface area contributed by atoms with E-state index in [1.54, 1.807) is 30.3 Å². The topological polar surface area (TPSA) is 81.5 Å². The Morgan fingerprint density at radius 2 is 2.04 bits per heavy atom. The molecule has 0 saturated heterocycles. The van der Waals surface area contributed by atoms with Gasteiger partial charge in [-0.05, 0) is 38.1 Å². The summed E-state index contributed by atoms with van der Waals surface area (Å²) in [5.41, 5.74) is 0.577. The van der Waals surface area contributed by atoms with Gasteiger partial charge in [-0.2, -0.15) is 0 Å². The number of nitrogens with zero attached hydrogens (tertiary/aromatic N) is 1. The van der Waals surface area contributed by atoms with Gasteiger partial charge in [0, 0.05) is 17.0 Å². The third-order valence-corrected chi connectivity index (χ3v) is 3.70. The second-order valence-corrected chi connectivity index (χ2v) is 6.01. The van der Waals surface area contributed by atoms with E-state index < -0.39 is 4.92 Å². The molecule has 0 aliphatic heterocycles. The molecule has 2 rings (SSSR count). The van der Waals surface area contributed by atoms with Gasteiger partial charge in [-0.25, -0.2) is 0 Å². The van der Waals surface area contributed by atoms with E-state index in [9.17, 15) is 14.9 Å². The zero-order valence-corrected chi connectivity index (χ0v) is 13.5. The average Bonchev–Trinajstić information content (AvgIpc) is 2.96. The molecule has 23 heavy (non-hydrogen) atoms. The van der Waals surface area contributed by atoms with Crippen LogP contribution in [0.5, 0.6) is 5.75 Å². The van der Waals surface area contributed by atoms with Crippen LogP contribution in [0.4, 0.5) is 10.7 Å². The van der Waals surface area contributed by atoms with Gasteiger partial charge >= 0.3 is 5.00 Å². The summed E-state index contributed by atoms with van der Waals surface area (Å²) in [5.74, 6) is 0.261. The summed E-state index contributed by atoms with van der Waals surface area (Å²) in [6.45, 7) is 3.81. The molecule has 1 aromatic carbocycles. The maximum absolute atomic E-state index is 12.0. The van der Waals surface area contributed by atoms with E-state index in [2.05, 4.69) is 5.32 Å². The van der Waals surface area contributed by atoms with Crippen molar-refractivity contribution in [3.05, 3.63) is 57.5 Å². The Morgan fingerprint density at radius 3 is 2.70 bits per heavy atom. The predicted octanol–water partition coefficient (Wildman–Crippen LogP) is 4.10. The molecule has 1 amide bonds. The first kappa shape index (κ1) is 16.7. The highest BCUT2D eigenvalue weighted by molar-refractivity contribution is 7.16. The van der Waals surface area contributed by atoms with Crippen LogP contribution in [0.2, 0.25) is 0 Å². The van der Waals surface area contributed by atoms with Crippen molar-refractivity contribution in [1.29, 1.82) is 0 Å². The van der Waals surface area contributed by atoms with Crippen LogP contribution in [-0.4, -0.2) is 16.9 Å². The predicted molar refractivity (Wildman–Crippen MR) is 90.8 cm³/mol. The highest BCUT2D eigenvalue weighted by atomic mass is 32.1. The molecule has 0 radical (unpaired) electrons. The number of thiophene rings is 1. The number of anilines is 1. The van der Waals surface area contributed by atoms with E-state index in [1.165, 1.54) is 12.1 Å². The standard InChI is InChI=1S/C16H16N2O4S/c1-11(2)22-14-6-4-3-5-13(14)17-15(19)9-7-12-8-10-16(23-12)18(20)21/h3-11H,1-2H3,(H,17,19)/b9-7+. The molecule has 120 valence electrons. The Hall–Kier alpha value is -2.67. The quantitative estimate of drug-likeness (QED) is 0.490. The van der Waals surface area contributed by atoms with Crippen LogP contribution < -0.4 is 10.1 Å². The lowest BCUT2D eigenvalue weighted by Crippen LogP contribution is -2.12. The summed E-state index contributed by atoms with van der Waals surface area (Å²) in [4.78, 5) is 22.8. The fraction of sp³-hybridized carbons (Fsp3) is 0.188. The van der Waals surface area contributed by atoms with E-state index in [4.69, 9.17) is 4.74 Å². The molecular formula is C16H16N2O4S. The van der Waals surface area contributed by atoms with E-state index in [-0.39, 0.29) is 17.0 Å². The fourth-order valence-corrected chi connectivity index (χ4v) is 2.51. The van der Waals surface area contributed by atoms with E-state index in [0.717, 1.165) is 11.3 Å². The highest BCUT2D eigenvalue weighted by Crippen LogP contribution is 2.26. The molecule has 6 nitrogen and oxygen atoms in total. The van der Waals surface area contributed by atoms with Crippen molar-refractivity contribution in [2.24, 2.45) is 0 Å².